The van der Waals surface area contributed by atoms with Gasteiger partial charge in [-0.2, -0.15) is 0 Å². The first-order chi connectivity index (χ1) is 10.4. The van der Waals surface area contributed by atoms with Crippen LogP contribution in [0.1, 0.15) is 31.1 Å². The Hall–Kier alpha value is -1.92. The largest absolute Gasteiger partial charge is 0.373 e. The lowest BCUT2D eigenvalue weighted by Gasteiger charge is -2.38. The highest BCUT2D eigenvalue weighted by atomic mass is 16.5. The monoisotopic (exact) mass is 305 g/mol. The van der Waals surface area contributed by atoms with Gasteiger partial charge in [0.2, 0.25) is 11.8 Å². The van der Waals surface area contributed by atoms with Crippen LogP contribution in [0.4, 0.5) is 5.69 Å². The molecule has 22 heavy (non-hydrogen) atoms. The fourth-order valence-corrected chi connectivity index (χ4v) is 2.66. The lowest BCUT2D eigenvalue weighted by molar-refractivity contribution is -0.126. The summed E-state index contributed by atoms with van der Waals surface area (Å²) in [5.74, 6) is -0.560. The summed E-state index contributed by atoms with van der Waals surface area (Å²) in [6.07, 6.45) is 0.239. The summed E-state index contributed by atoms with van der Waals surface area (Å²) in [7, 11) is 0. The SMILES string of the molecule is CC1CN(C(C)C(=O)Nc2ccc(C(N)=O)cc2)CC(C)O1. The minimum atomic E-state index is -0.484. The molecule has 1 fully saturated rings. The van der Waals surface area contributed by atoms with Gasteiger partial charge in [-0.25, -0.2) is 0 Å². The van der Waals surface area contributed by atoms with Gasteiger partial charge < -0.3 is 15.8 Å². The molecule has 1 aliphatic rings. The number of ether oxygens (including phenoxy) is 1. The smallest absolute Gasteiger partial charge is 0.248 e. The van der Waals surface area contributed by atoms with Crippen molar-refractivity contribution in [1.29, 1.82) is 0 Å². The number of nitrogens with zero attached hydrogens (tertiary/aromatic N) is 1. The van der Waals surface area contributed by atoms with Gasteiger partial charge in [0.25, 0.3) is 0 Å². The van der Waals surface area contributed by atoms with Crippen LogP contribution in [-0.2, 0) is 9.53 Å². The summed E-state index contributed by atoms with van der Waals surface area (Å²) in [6, 6.07) is 6.30. The van der Waals surface area contributed by atoms with Crippen LogP contribution in [0.5, 0.6) is 0 Å². The van der Waals surface area contributed by atoms with Crippen molar-refractivity contribution in [1.82, 2.24) is 4.90 Å². The second-order valence-electron chi connectivity index (χ2n) is 5.82. The summed E-state index contributed by atoms with van der Waals surface area (Å²) in [5, 5.41) is 2.86. The number of amides is 2. The molecule has 3 atom stereocenters. The van der Waals surface area contributed by atoms with E-state index in [1.54, 1.807) is 24.3 Å². The molecule has 1 aromatic rings. The molecule has 3 unspecified atom stereocenters. The Kier molecular flexibility index (Phi) is 5.15. The maximum atomic E-state index is 12.4. The van der Waals surface area contributed by atoms with Gasteiger partial charge >= 0.3 is 0 Å². The van der Waals surface area contributed by atoms with E-state index in [9.17, 15) is 9.59 Å². The molecule has 1 saturated heterocycles. The quantitative estimate of drug-likeness (QED) is 0.876. The van der Waals surface area contributed by atoms with E-state index in [4.69, 9.17) is 10.5 Å². The number of carbonyl (C=O) groups is 2. The Morgan fingerprint density at radius 3 is 2.27 bits per heavy atom. The summed E-state index contributed by atoms with van der Waals surface area (Å²) in [6.45, 7) is 7.38. The lowest BCUT2D eigenvalue weighted by atomic mass is 10.1. The van der Waals surface area contributed by atoms with Crippen LogP contribution in [-0.4, -0.2) is 48.1 Å². The number of morpholine rings is 1. The molecule has 120 valence electrons. The highest BCUT2D eigenvalue weighted by Crippen LogP contribution is 2.15. The number of hydrogen-bond acceptors (Lipinski definition) is 4. The number of rotatable bonds is 4. The zero-order chi connectivity index (χ0) is 16.3. The molecular weight excluding hydrogens is 282 g/mol. The molecule has 0 radical (unpaired) electrons. The molecule has 1 heterocycles. The molecule has 1 aliphatic heterocycles. The van der Waals surface area contributed by atoms with Crippen molar-refractivity contribution in [3.8, 4) is 0 Å². The Morgan fingerprint density at radius 2 is 1.77 bits per heavy atom. The van der Waals surface area contributed by atoms with E-state index in [-0.39, 0.29) is 24.2 Å². The third kappa shape index (κ3) is 4.05. The average Bonchev–Trinajstić information content (AvgIpc) is 2.46. The Balaban J connectivity index is 1.97. The predicted molar refractivity (Wildman–Crippen MR) is 84.6 cm³/mol. The van der Waals surface area contributed by atoms with Crippen molar-refractivity contribution < 1.29 is 14.3 Å². The third-order valence-electron chi connectivity index (χ3n) is 3.81. The lowest BCUT2D eigenvalue weighted by Crippen LogP contribution is -2.52. The van der Waals surface area contributed by atoms with Gasteiger partial charge in [0, 0.05) is 24.3 Å². The normalized spacial score (nSPS) is 23.8. The van der Waals surface area contributed by atoms with Crippen LogP contribution < -0.4 is 11.1 Å². The third-order valence-corrected chi connectivity index (χ3v) is 3.81. The maximum absolute atomic E-state index is 12.4. The molecule has 1 aromatic carbocycles. The number of carbonyl (C=O) groups excluding carboxylic acids is 2. The summed E-state index contributed by atoms with van der Waals surface area (Å²) >= 11 is 0. The van der Waals surface area contributed by atoms with E-state index in [0.717, 1.165) is 13.1 Å². The van der Waals surface area contributed by atoms with E-state index in [1.165, 1.54) is 0 Å². The molecule has 0 spiro atoms. The van der Waals surface area contributed by atoms with Gasteiger partial charge in [0.15, 0.2) is 0 Å². The van der Waals surface area contributed by atoms with Crippen molar-refractivity contribution >= 4 is 17.5 Å². The minimum absolute atomic E-state index is 0.0758. The van der Waals surface area contributed by atoms with E-state index >= 15 is 0 Å². The number of nitrogens with two attached hydrogens (primary N) is 1. The fraction of sp³-hybridized carbons (Fsp3) is 0.500. The van der Waals surface area contributed by atoms with E-state index in [0.29, 0.717) is 11.3 Å². The van der Waals surface area contributed by atoms with Gasteiger partial charge in [0.1, 0.15) is 0 Å². The Bertz CT molecular complexity index is 534. The highest BCUT2D eigenvalue weighted by Gasteiger charge is 2.29. The Labute approximate surface area is 130 Å². The second kappa shape index (κ2) is 6.89. The van der Waals surface area contributed by atoms with Crippen LogP contribution in [0.15, 0.2) is 24.3 Å². The molecule has 2 rings (SSSR count). The highest BCUT2D eigenvalue weighted by molar-refractivity contribution is 5.96. The molecule has 2 amide bonds. The van der Waals surface area contributed by atoms with Gasteiger partial charge in [-0.05, 0) is 45.0 Å². The molecule has 0 aliphatic carbocycles. The molecule has 3 N–H and O–H groups in total. The standard InChI is InChI=1S/C16H23N3O3/c1-10-8-19(9-11(2)22-10)12(3)16(21)18-14-6-4-13(5-7-14)15(17)20/h4-7,10-12H,8-9H2,1-3H3,(H2,17,20)(H,18,21). The van der Waals surface area contributed by atoms with Gasteiger partial charge in [-0.3, -0.25) is 14.5 Å². The maximum Gasteiger partial charge on any atom is 0.248 e. The van der Waals surface area contributed by atoms with Crippen LogP contribution in [0, 0.1) is 0 Å². The van der Waals surface area contributed by atoms with Gasteiger partial charge in [-0.1, -0.05) is 0 Å². The zero-order valence-corrected chi connectivity index (χ0v) is 13.2. The fourth-order valence-electron chi connectivity index (χ4n) is 2.66. The summed E-state index contributed by atoms with van der Waals surface area (Å²) in [5.41, 5.74) is 6.26. The minimum Gasteiger partial charge on any atom is -0.373 e. The van der Waals surface area contributed by atoms with Gasteiger partial charge in [-0.15, -0.1) is 0 Å². The molecular formula is C16H23N3O3. The first-order valence-corrected chi connectivity index (χ1v) is 7.47. The van der Waals surface area contributed by atoms with Crippen molar-refractivity contribution in [2.75, 3.05) is 18.4 Å². The van der Waals surface area contributed by atoms with Gasteiger partial charge in [0.05, 0.1) is 18.2 Å². The van der Waals surface area contributed by atoms with Crippen LogP contribution in [0.3, 0.4) is 0 Å². The number of primary amides is 1. The zero-order valence-electron chi connectivity index (χ0n) is 13.2. The first kappa shape index (κ1) is 16.5. The van der Waals surface area contributed by atoms with Crippen molar-refractivity contribution in [3.05, 3.63) is 29.8 Å². The molecule has 0 saturated carbocycles. The van der Waals surface area contributed by atoms with Crippen molar-refractivity contribution in [3.63, 3.8) is 0 Å². The number of nitrogens with one attached hydrogen (secondary N) is 1. The van der Waals surface area contributed by atoms with Crippen LogP contribution in [0.2, 0.25) is 0 Å². The van der Waals surface area contributed by atoms with E-state index in [2.05, 4.69) is 10.2 Å². The molecule has 6 nitrogen and oxygen atoms in total. The summed E-state index contributed by atoms with van der Waals surface area (Å²) in [4.78, 5) is 25.5. The second-order valence-corrected chi connectivity index (χ2v) is 5.82. The number of hydrogen-bond donors (Lipinski definition) is 2. The first-order valence-electron chi connectivity index (χ1n) is 7.47. The number of anilines is 1. The van der Waals surface area contributed by atoms with E-state index in [1.807, 2.05) is 20.8 Å². The van der Waals surface area contributed by atoms with Crippen molar-refractivity contribution in [2.45, 2.75) is 39.0 Å². The topological polar surface area (TPSA) is 84.7 Å². The molecule has 6 heteroatoms. The van der Waals surface area contributed by atoms with Crippen LogP contribution in [0.25, 0.3) is 0 Å². The van der Waals surface area contributed by atoms with E-state index < -0.39 is 5.91 Å². The number of benzene rings is 1. The average molecular weight is 305 g/mol. The predicted octanol–water partition coefficient (Wildman–Crippen LogP) is 1.22. The Morgan fingerprint density at radius 1 is 1.23 bits per heavy atom. The summed E-state index contributed by atoms with van der Waals surface area (Å²) < 4.78 is 5.68. The van der Waals surface area contributed by atoms with Crippen molar-refractivity contribution in [2.24, 2.45) is 5.73 Å². The molecule has 0 aromatic heterocycles. The van der Waals surface area contributed by atoms with Crippen LogP contribution >= 0.6 is 0 Å². The molecule has 0 bridgehead atoms.